The predicted octanol–water partition coefficient (Wildman–Crippen LogP) is 0.714. The van der Waals surface area contributed by atoms with E-state index >= 15 is 0 Å². The average Bonchev–Trinajstić information content (AvgIpc) is 3.27. The maximum atomic E-state index is 14.6. The third-order valence-electron chi connectivity index (χ3n) is 3.85. The number of sulfonamides is 1. The molecule has 13 heteroatoms. The fourth-order valence-electron chi connectivity index (χ4n) is 2.46. The minimum Gasteiger partial charge on any atom is -0.442 e. The van der Waals surface area contributed by atoms with Gasteiger partial charge in [-0.05, 0) is 25.2 Å². The first kappa shape index (κ1) is 20.1. The van der Waals surface area contributed by atoms with Crippen molar-refractivity contribution in [2.45, 2.75) is 17.4 Å². The van der Waals surface area contributed by atoms with E-state index < -0.39 is 28.0 Å². The summed E-state index contributed by atoms with van der Waals surface area (Å²) in [6.45, 7) is 1.66. The molecule has 2 N–H and O–H groups in total. The molecule has 1 aromatic carbocycles. The first-order chi connectivity index (χ1) is 13.2. The Balaban J connectivity index is 1.80. The molecule has 1 aliphatic rings. The smallest absolute Gasteiger partial charge is 0.414 e. The van der Waals surface area contributed by atoms with E-state index in [1.165, 1.54) is 31.0 Å². The van der Waals surface area contributed by atoms with Gasteiger partial charge in [0.2, 0.25) is 10.2 Å². The number of amides is 2. The number of anilines is 1. The van der Waals surface area contributed by atoms with Crippen molar-refractivity contribution >= 4 is 39.0 Å². The maximum absolute atomic E-state index is 14.6. The van der Waals surface area contributed by atoms with Crippen molar-refractivity contribution < 1.29 is 27.1 Å². The largest absolute Gasteiger partial charge is 0.442 e. The van der Waals surface area contributed by atoms with Gasteiger partial charge < -0.3 is 10.1 Å². The summed E-state index contributed by atoms with van der Waals surface area (Å²) in [4.78, 5) is 24.2. The predicted molar refractivity (Wildman–Crippen MR) is 97.8 cm³/mol. The van der Waals surface area contributed by atoms with Gasteiger partial charge in [0.25, 0.3) is 10.0 Å². The highest BCUT2D eigenvalue weighted by molar-refractivity contribution is 7.91. The molecule has 0 spiro atoms. The summed E-state index contributed by atoms with van der Waals surface area (Å²) in [7, 11) is -2.54. The van der Waals surface area contributed by atoms with Crippen LogP contribution in [0.3, 0.4) is 0 Å². The third-order valence-corrected chi connectivity index (χ3v) is 6.59. The number of nitrogens with zero attached hydrogens (tertiary/aromatic N) is 3. The number of carbonyl (C=O) groups is 2. The number of hydrogen-bond acceptors (Lipinski definition) is 8. The Kier molecular flexibility index (Phi) is 5.58. The first-order valence-corrected chi connectivity index (χ1v) is 10.3. The van der Waals surface area contributed by atoms with Crippen LogP contribution in [-0.2, 0) is 19.6 Å². The Labute approximate surface area is 163 Å². The van der Waals surface area contributed by atoms with Crippen LogP contribution in [0.25, 0.3) is 10.6 Å². The van der Waals surface area contributed by atoms with Crippen molar-refractivity contribution in [1.82, 2.24) is 20.2 Å². The normalized spacial score (nSPS) is 16.9. The molecule has 0 saturated carbocycles. The van der Waals surface area contributed by atoms with Gasteiger partial charge in [0.1, 0.15) is 11.9 Å². The van der Waals surface area contributed by atoms with Crippen LogP contribution in [-0.4, -0.2) is 56.9 Å². The monoisotopic (exact) mass is 429 g/mol. The van der Waals surface area contributed by atoms with E-state index in [-0.39, 0.29) is 39.6 Å². The maximum Gasteiger partial charge on any atom is 0.414 e. The van der Waals surface area contributed by atoms with Gasteiger partial charge in [0.15, 0.2) is 5.01 Å². The number of cyclic esters (lactones) is 1. The Hall–Kier alpha value is -2.64. The minimum atomic E-state index is -3.77. The number of rotatable bonds is 6. The molecule has 1 aromatic heterocycles. The fraction of sp³-hybridized carbons (Fsp3) is 0.333. The van der Waals surface area contributed by atoms with Gasteiger partial charge in [0, 0.05) is 12.5 Å². The average molecular weight is 429 g/mol. The molecule has 0 aliphatic carbocycles. The van der Waals surface area contributed by atoms with Crippen LogP contribution in [0.1, 0.15) is 6.92 Å². The van der Waals surface area contributed by atoms with E-state index in [4.69, 9.17) is 4.74 Å². The first-order valence-electron chi connectivity index (χ1n) is 8.01. The molecule has 0 bridgehead atoms. The van der Waals surface area contributed by atoms with Crippen molar-refractivity contribution in [3.63, 3.8) is 0 Å². The van der Waals surface area contributed by atoms with Crippen molar-refractivity contribution in [3.05, 3.63) is 24.0 Å². The third kappa shape index (κ3) is 4.10. The van der Waals surface area contributed by atoms with Crippen LogP contribution < -0.4 is 14.9 Å². The van der Waals surface area contributed by atoms with E-state index in [0.717, 1.165) is 17.4 Å². The summed E-state index contributed by atoms with van der Waals surface area (Å²) in [6, 6.07) is 4.01. The number of halogens is 1. The molecule has 2 aromatic rings. The van der Waals surface area contributed by atoms with Gasteiger partial charge in [-0.3, -0.25) is 9.69 Å². The van der Waals surface area contributed by atoms with Gasteiger partial charge in [-0.15, -0.1) is 10.2 Å². The summed E-state index contributed by atoms with van der Waals surface area (Å²) < 4.78 is 45.0. The molecular weight excluding hydrogens is 413 g/mol. The van der Waals surface area contributed by atoms with E-state index in [0.29, 0.717) is 0 Å². The molecule has 150 valence electrons. The number of carbonyl (C=O) groups excluding carboxylic acids is 2. The molecule has 1 atom stereocenters. The lowest BCUT2D eigenvalue weighted by Gasteiger charge is -2.14. The Morgan fingerprint density at radius 3 is 2.82 bits per heavy atom. The second-order valence-corrected chi connectivity index (χ2v) is 8.84. The summed E-state index contributed by atoms with van der Waals surface area (Å²) in [5, 5.41) is 9.93. The minimum absolute atomic E-state index is 0.0566. The lowest BCUT2D eigenvalue weighted by molar-refractivity contribution is -0.119. The summed E-state index contributed by atoms with van der Waals surface area (Å²) in [5.74, 6) is -0.943. The molecule has 0 unspecified atom stereocenters. The van der Waals surface area contributed by atoms with Crippen LogP contribution >= 0.6 is 11.3 Å². The Morgan fingerprint density at radius 2 is 2.18 bits per heavy atom. The molecule has 10 nitrogen and oxygen atoms in total. The van der Waals surface area contributed by atoms with Gasteiger partial charge in [0.05, 0.1) is 18.8 Å². The van der Waals surface area contributed by atoms with E-state index in [1.54, 1.807) is 0 Å². The molecular formula is C15H16FN5O5S2. The number of nitrogens with one attached hydrogen (secondary N) is 2. The van der Waals surface area contributed by atoms with Gasteiger partial charge in [-0.25, -0.2) is 22.3 Å². The van der Waals surface area contributed by atoms with Crippen molar-refractivity contribution in [2.24, 2.45) is 0 Å². The second kappa shape index (κ2) is 7.77. The van der Waals surface area contributed by atoms with Crippen LogP contribution in [0, 0.1) is 5.82 Å². The van der Waals surface area contributed by atoms with Crippen LogP contribution in [0.4, 0.5) is 14.9 Å². The Morgan fingerprint density at radius 1 is 1.43 bits per heavy atom. The number of ether oxygens (including phenoxy) is 1. The summed E-state index contributed by atoms with van der Waals surface area (Å²) in [6.07, 6.45) is -1.20. The SMILES string of the molecule is CNS(=O)(=O)c1nnc(-c2ccc(N3C[C@H](CNC(C)=O)OC3=O)cc2F)s1. The standard InChI is InChI=1S/C15H16FN5O5S2/c1-8(22)18-6-10-7-21(15(23)26-10)9-3-4-11(12(16)5-9)13-19-20-14(27-13)28(24,25)17-2/h3-5,10,17H,6-7H2,1-2H3,(H,18,22)/t10-/m0/s1. The molecule has 3 rings (SSSR count). The molecule has 1 saturated heterocycles. The molecule has 2 amide bonds. The summed E-state index contributed by atoms with van der Waals surface area (Å²) >= 11 is 0.722. The van der Waals surface area contributed by atoms with E-state index in [1.807, 2.05) is 0 Å². The number of aromatic nitrogens is 2. The molecule has 28 heavy (non-hydrogen) atoms. The quantitative estimate of drug-likeness (QED) is 0.692. The zero-order chi connectivity index (χ0) is 20.5. The zero-order valence-electron chi connectivity index (χ0n) is 14.8. The van der Waals surface area contributed by atoms with E-state index in [2.05, 4.69) is 20.2 Å². The lowest BCUT2D eigenvalue weighted by Crippen LogP contribution is -2.33. The Bertz CT molecular complexity index is 1030. The van der Waals surface area contributed by atoms with Crippen molar-refractivity contribution in [1.29, 1.82) is 0 Å². The van der Waals surface area contributed by atoms with Crippen LogP contribution in [0.5, 0.6) is 0 Å². The van der Waals surface area contributed by atoms with Crippen LogP contribution in [0.2, 0.25) is 0 Å². The molecule has 1 aliphatic heterocycles. The number of benzene rings is 1. The van der Waals surface area contributed by atoms with Crippen LogP contribution in [0.15, 0.2) is 22.5 Å². The van der Waals surface area contributed by atoms with Crippen molar-refractivity contribution in [3.8, 4) is 10.6 Å². The van der Waals surface area contributed by atoms with E-state index in [9.17, 15) is 22.4 Å². The highest BCUT2D eigenvalue weighted by Crippen LogP contribution is 2.31. The second-order valence-electron chi connectivity index (χ2n) is 5.80. The topological polar surface area (TPSA) is 131 Å². The molecule has 2 heterocycles. The number of hydrogen-bond donors (Lipinski definition) is 2. The van der Waals surface area contributed by atoms with Gasteiger partial charge >= 0.3 is 6.09 Å². The van der Waals surface area contributed by atoms with Crippen molar-refractivity contribution in [2.75, 3.05) is 25.0 Å². The zero-order valence-corrected chi connectivity index (χ0v) is 16.4. The molecule has 1 fully saturated rings. The fourth-order valence-corrected chi connectivity index (χ4v) is 4.31. The van der Waals surface area contributed by atoms with Gasteiger partial charge in [-0.2, -0.15) is 0 Å². The highest BCUT2D eigenvalue weighted by Gasteiger charge is 2.33. The lowest BCUT2D eigenvalue weighted by atomic mass is 10.2. The molecule has 0 radical (unpaired) electrons. The highest BCUT2D eigenvalue weighted by atomic mass is 32.2. The summed E-state index contributed by atoms with van der Waals surface area (Å²) in [5.41, 5.74) is 0.324. The van der Waals surface area contributed by atoms with Gasteiger partial charge in [-0.1, -0.05) is 11.3 Å².